The van der Waals surface area contributed by atoms with Gasteiger partial charge in [0.1, 0.15) is 5.78 Å². The predicted octanol–water partition coefficient (Wildman–Crippen LogP) is 3.52. The molecule has 4 nitrogen and oxygen atoms in total. The molecule has 0 spiro atoms. The van der Waals surface area contributed by atoms with Gasteiger partial charge >= 0.3 is 0 Å². The lowest BCUT2D eigenvalue weighted by molar-refractivity contribution is -0.385. The fourth-order valence-corrected chi connectivity index (χ4v) is 1.64. The molecule has 0 N–H and O–H groups in total. The fourth-order valence-electron chi connectivity index (χ4n) is 1.29. The van der Waals surface area contributed by atoms with E-state index < -0.39 is 10.3 Å². The maximum Gasteiger partial charge on any atom is 0.274 e. The number of nitrogens with zero attached hydrogens (tertiary/aromatic N) is 1. The van der Waals surface area contributed by atoms with E-state index in [2.05, 4.69) is 15.9 Å². The van der Waals surface area contributed by atoms with Gasteiger partial charge in [0.25, 0.3) is 5.69 Å². The van der Waals surface area contributed by atoms with Gasteiger partial charge in [-0.2, -0.15) is 0 Å². The Balaban J connectivity index is 3.07. The first kappa shape index (κ1) is 13.8. The average Bonchev–Trinajstić information content (AvgIpc) is 2.18. The van der Waals surface area contributed by atoms with E-state index in [0.29, 0.717) is 10.0 Å². The molecule has 0 saturated carbocycles. The van der Waals surface area contributed by atoms with Gasteiger partial charge in [0, 0.05) is 27.9 Å². The SMILES string of the molecule is CC(C)(C)C(=O)Cc1ccc(Br)cc1[N+](=O)[O-]. The van der Waals surface area contributed by atoms with Gasteiger partial charge < -0.3 is 0 Å². The number of hydrogen-bond donors (Lipinski definition) is 0. The maximum absolute atomic E-state index is 11.9. The number of carbonyl (C=O) groups excluding carboxylic acids is 1. The van der Waals surface area contributed by atoms with Crippen LogP contribution in [0.15, 0.2) is 22.7 Å². The molecule has 0 unspecified atom stereocenters. The van der Waals surface area contributed by atoms with Crippen LogP contribution >= 0.6 is 15.9 Å². The van der Waals surface area contributed by atoms with Crippen molar-refractivity contribution in [2.75, 3.05) is 0 Å². The van der Waals surface area contributed by atoms with Crippen molar-refractivity contribution in [3.8, 4) is 0 Å². The second-order valence-corrected chi connectivity index (χ2v) is 5.80. The lowest BCUT2D eigenvalue weighted by atomic mass is 9.87. The number of carbonyl (C=O) groups is 1. The van der Waals surface area contributed by atoms with Gasteiger partial charge in [0.15, 0.2) is 0 Å². The number of rotatable bonds is 3. The van der Waals surface area contributed by atoms with Crippen LogP contribution in [0.3, 0.4) is 0 Å². The number of nitro groups is 1. The Kier molecular flexibility index (Phi) is 4.03. The molecule has 1 aromatic rings. The van der Waals surface area contributed by atoms with E-state index in [-0.39, 0.29) is 17.9 Å². The zero-order chi connectivity index (χ0) is 13.2. The Hall–Kier alpha value is -1.23. The molecule has 0 aliphatic carbocycles. The summed E-state index contributed by atoms with van der Waals surface area (Å²) in [6.07, 6.45) is 0.0904. The van der Waals surface area contributed by atoms with E-state index in [0.717, 1.165) is 0 Å². The van der Waals surface area contributed by atoms with Crippen LogP contribution in [0.5, 0.6) is 0 Å². The third kappa shape index (κ3) is 3.63. The van der Waals surface area contributed by atoms with E-state index in [4.69, 9.17) is 0 Å². The predicted molar refractivity (Wildman–Crippen MR) is 69.0 cm³/mol. The second-order valence-electron chi connectivity index (χ2n) is 4.88. The molecule has 0 aromatic heterocycles. The average molecular weight is 300 g/mol. The molecule has 92 valence electrons. The third-order valence-electron chi connectivity index (χ3n) is 2.43. The molecular weight excluding hydrogens is 286 g/mol. The van der Waals surface area contributed by atoms with Crippen LogP contribution < -0.4 is 0 Å². The highest BCUT2D eigenvalue weighted by molar-refractivity contribution is 9.10. The quantitative estimate of drug-likeness (QED) is 0.634. The molecule has 0 fully saturated rings. The van der Waals surface area contributed by atoms with Crippen molar-refractivity contribution in [3.63, 3.8) is 0 Å². The molecule has 17 heavy (non-hydrogen) atoms. The lowest BCUT2D eigenvalue weighted by Crippen LogP contribution is -2.22. The molecule has 5 heteroatoms. The summed E-state index contributed by atoms with van der Waals surface area (Å²) in [5.41, 5.74) is -0.0453. The number of benzene rings is 1. The van der Waals surface area contributed by atoms with E-state index in [1.165, 1.54) is 6.07 Å². The minimum atomic E-state index is -0.485. The van der Waals surface area contributed by atoms with Crippen LogP contribution in [0.2, 0.25) is 0 Å². The molecule has 1 aromatic carbocycles. The lowest BCUT2D eigenvalue weighted by Gasteiger charge is -2.16. The van der Waals surface area contributed by atoms with Crippen molar-refractivity contribution in [2.45, 2.75) is 27.2 Å². The van der Waals surface area contributed by atoms with Gasteiger partial charge in [-0.3, -0.25) is 14.9 Å². The van der Waals surface area contributed by atoms with Crippen molar-refractivity contribution < 1.29 is 9.72 Å². The molecule has 0 aliphatic heterocycles. The number of ketones is 1. The molecule has 1 rings (SSSR count). The van der Waals surface area contributed by atoms with E-state index in [1.54, 1.807) is 32.9 Å². The molecule has 0 radical (unpaired) electrons. The number of halogens is 1. The van der Waals surface area contributed by atoms with E-state index >= 15 is 0 Å². The Labute approximate surface area is 108 Å². The van der Waals surface area contributed by atoms with Crippen molar-refractivity contribution in [1.82, 2.24) is 0 Å². The summed E-state index contributed by atoms with van der Waals surface area (Å²) in [4.78, 5) is 22.3. The van der Waals surface area contributed by atoms with Crippen molar-refractivity contribution in [1.29, 1.82) is 0 Å². The Bertz CT molecular complexity index is 463. The summed E-state index contributed by atoms with van der Waals surface area (Å²) in [5, 5.41) is 10.9. The van der Waals surface area contributed by atoms with Gasteiger partial charge in [-0.15, -0.1) is 0 Å². The normalized spacial score (nSPS) is 11.3. The van der Waals surface area contributed by atoms with E-state index in [9.17, 15) is 14.9 Å². The van der Waals surface area contributed by atoms with Crippen LogP contribution in [0.25, 0.3) is 0 Å². The van der Waals surface area contributed by atoms with Crippen molar-refractivity contribution in [2.24, 2.45) is 5.41 Å². The van der Waals surface area contributed by atoms with Crippen molar-refractivity contribution in [3.05, 3.63) is 38.3 Å². The Morgan fingerprint density at radius 1 is 1.41 bits per heavy atom. The first-order valence-corrected chi connectivity index (χ1v) is 5.97. The number of nitro benzene ring substituents is 1. The third-order valence-corrected chi connectivity index (χ3v) is 2.92. The first-order valence-electron chi connectivity index (χ1n) is 5.18. The van der Waals surface area contributed by atoms with Crippen LogP contribution in [0.1, 0.15) is 26.3 Å². The molecular formula is C12H14BrNO3. The summed E-state index contributed by atoms with van der Waals surface area (Å²) < 4.78 is 0.635. The molecule has 0 aliphatic rings. The van der Waals surface area contributed by atoms with Gasteiger partial charge in [-0.1, -0.05) is 42.8 Å². The van der Waals surface area contributed by atoms with Crippen LogP contribution in [-0.4, -0.2) is 10.7 Å². The zero-order valence-electron chi connectivity index (χ0n) is 9.99. The molecule has 0 saturated heterocycles. The topological polar surface area (TPSA) is 60.2 Å². The summed E-state index contributed by atoms with van der Waals surface area (Å²) in [5.74, 6) is -0.0112. The monoisotopic (exact) mass is 299 g/mol. The number of Topliss-reactive ketones (excluding diaryl/α,β-unsaturated/α-hetero) is 1. The minimum absolute atomic E-state index is 0.0112. The molecule has 0 heterocycles. The Morgan fingerprint density at radius 2 is 2.00 bits per heavy atom. The molecule has 0 bridgehead atoms. The molecule has 0 atom stereocenters. The second kappa shape index (κ2) is 4.96. The summed E-state index contributed by atoms with van der Waals surface area (Å²) in [7, 11) is 0. The Morgan fingerprint density at radius 3 is 2.47 bits per heavy atom. The highest BCUT2D eigenvalue weighted by atomic mass is 79.9. The first-order chi connectivity index (χ1) is 7.71. The van der Waals surface area contributed by atoms with Crippen LogP contribution in [0, 0.1) is 15.5 Å². The highest BCUT2D eigenvalue weighted by Gasteiger charge is 2.24. The van der Waals surface area contributed by atoms with Gasteiger partial charge in [-0.25, -0.2) is 0 Å². The number of hydrogen-bond acceptors (Lipinski definition) is 3. The summed E-state index contributed by atoms with van der Waals surface area (Å²) >= 11 is 3.18. The smallest absolute Gasteiger partial charge is 0.274 e. The van der Waals surface area contributed by atoms with Crippen molar-refractivity contribution >= 4 is 27.4 Å². The summed E-state index contributed by atoms with van der Waals surface area (Å²) in [6.45, 7) is 5.42. The van der Waals surface area contributed by atoms with Gasteiger partial charge in [0.2, 0.25) is 0 Å². The summed E-state index contributed by atoms with van der Waals surface area (Å²) in [6, 6.07) is 4.75. The van der Waals surface area contributed by atoms with Crippen LogP contribution in [0.4, 0.5) is 5.69 Å². The fraction of sp³-hybridized carbons (Fsp3) is 0.417. The van der Waals surface area contributed by atoms with Crippen LogP contribution in [-0.2, 0) is 11.2 Å². The maximum atomic E-state index is 11.9. The zero-order valence-corrected chi connectivity index (χ0v) is 11.6. The molecule has 0 amide bonds. The largest absolute Gasteiger partial charge is 0.299 e. The standard InChI is InChI=1S/C12H14BrNO3/c1-12(2,3)11(15)6-8-4-5-9(13)7-10(8)14(16)17/h4-5,7H,6H2,1-3H3. The highest BCUT2D eigenvalue weighted by Crippen LogP contribution is 2.26. The van der Waals surface area contributed by atoms with Gasteiger partial charge in [0.05, 0.1) is 4.92 Å². The van der Waals surface area contributed by atoms with E-state index in [1.807, 2.05) is 0 Å². The van der Waals surface area contributed by atoms with Gasteiger partial charge in [-0.05, 0) is 6.07 Å². The minimum Gasteiger partial charge on any atom is -0.299 e.